The predicted molar refractivity (Wildman–Crippen MR) is 46.7 cm³/mol. The van der Waals surface area contributed by atoms with E-state index in [2.05, 4.69) is 9.97 Å². The monoisotopic (exact) mass is 224 g/mol. The Bertz CT molecular complexity index is 297. The molecule has 0 saturated carbocycles. The van der Waals surface area contributed by atoms with Crippen molar-refractivity contribution in [2.24, 2.45) is 0 Å². The van der Waals surface area contributed by atoms with Crippen LogP contribution in [0.1, 0.15) is 16.3 Å². The molecule has 64 valence electrons. The zero-order chi connectivity index (χ0) is 9.19. The molecule has 0 bridgehead atoms. The first-order chi connectivity index (χ1) is 5.54. The molecule has 12 heavy (non-hydrogen) atoms. The lowest BCUT2D eigenvalue weighted by Gasteiger charge is -2.07. The van der Waals surface area contributed by atoms with Gasteiger partial charge in [-0.2, -0.15) is 0 Å². The molecule has 0 spiro atoms. The number of hydrogen-bond acceptors (Lipinski definition) is 3. The van der Waals surface area contributed by atoms with Crippen molar-refractivity contribution in [3.05, 3.63) is 23.8 Å². The largest absolute Gasteiger partial charge is 0.296 e. The normalized spacial score (nSPS) is 11.2. The highest BCUT2D eigenvalue weighted by Crippen LogP contribution is 2.35. The predicted octanol–water partition coefficient (Wildman–Crippen LogP) is 2.12. The third-order valence-corrected chi connectivity index (χ3v) is 1.56. The summed E-state index contributed by atoms with van der Waals surface area (Å²) in [5, 5.41) is 0. The lowest BCUT2D eigenvalue weighted by molar-refractivity contribution is 0.111. The number of aldehydes is 1. The van der Waals surface area contributed by atoms with E-state index in [0.29, 0.717) is 6.29 Å². The van der Waals surface area contributed by atoms with Gasteiger partial charge >= 0.3 is 0 Å². The molecule has 0 atom stereocenters. The van der Waals surface area contributed by atoms with Gasteiger partial charge in [0.25, 0.3) is 0 Å². The van der Waals surface area contributed by atoms with E-state index in [-0.39, 0.29) is 11.5 Å². The summed E-state index contributed by atoms with van der Waals surface area (Å²) in [5.41, 5.74) is 0.186. The summed E-state index contributed by atoms with van der Waals surface area (Å²) in [6, 6.07) is 1.42. The molecule has 1 rings (SSSR count). The van der Waals surface area contributed by atoms with Crippen molar-refractivity contribution in [1.29, 1.82) is 0 Å². The molecule has 0 radical (unpaired) electrons. The molecule has 6 heteroatoms. The van der Waals surface area contributed by atoms with Crippen molar-refractivity contribution in [2.45, 2.75) is 3.79 Å². The number of halogens is 3. The van der Waals surface area contributed by atoms with E-state index in [0.717, 1.165) is 0 Å². The molecule has 1 aromatic heterocycles. The summed E-state index contributed by atoms with van der Waals surface area (Å²) in [7, 11) is 0. The minimum Gasteiger partial charge on any atom is -0.296 e. The van der Waals surface area contributed by atoms with Gasteiger partial charge in [0.15, 0.2) is 12.1 Å². The van der Waals surface area contributed by atoms with Crippen molar-refractivity contribution in [3.8, 4) is 0 Å². The van der Waals surface area contributed by atoms with E-state index in [4.69, 9.17) is 34.8 Å². The molecule has 1 aromatic rings. The molecule has 0 N–H and O–H groups in total. The molecule has 0 aromatic carbocycles. The Hall–Kier alpha value is -0.380. The smallest absolute Gasteiger partial charge is 0.250 e. The number of alkyl halides is 3. The average molecular weight is 225 g/mol. The first kappa shape index (κ1) is 9.71. The maximum atomic E-state index is 10.3. The van der Waals surface area contributed by atoms with E-state index in [1.165, 1.54) is 12.3 Å². The van der Waals surface area contributed by atoms with Gasteiger partial charge in [0.1, 0.15) is 5.69 Å². The number of aromatic nitrogens is 2. The molecular weight excluding hydrogens is 222 g/mol. The molecule has 0 aliphatic carbocycles. The van der Waals surface area contributed by atoms with Crippen molar-refractivity contribution in [1.82, 2.24) is 9.97 Å². The zero-order valence-electron chi connectivity index (χ0n) is 5.67. The summed E-state index contributed by atoms with van der Waals surface area (Å²) in [5.74, 6) is -0.00269. The number of nitrogens with zero attached hydrogens (tertiary/aromatic N) is 2. The van der Waals surface area contributed by atoms with E-state index in [1.807, 2.05) is 0 Å². The fraction of sp³-hybridized carbons (Fsp3) is 0.167. The fourth-order valence-corrected chi connectivity index (χ4v) is 0.848. The molecule has 3 nitrogen and oxygen atoms in total. The average Bonchev–Trinajstić information content (AvgIpc) is 2.03. The Balaban J connectivity index is 3.10. The SMILES string of the molecule is O=Cc1ccnc(C(Cl)(Cl)Cl)n1. The van der Waals surface area contributed by atoms with Crippen LogP contribution < -0.4 is 0 Å². The fourth-order valence-electron chi connectivity index (χ4n) is 0.575. The van der Waals surface area contributed by atoms with E-state index < -0.39 is 3.79 Å². The van der Waals surface area contributed by atoms with Gasteiger partial charge in [-0.05, 0) is 6.07 Å². The zero-order valence-corrected chi connectivity index (χ0v) is 7.94. The van der Waals surface area contributed by atoms with Crippen LogP contribution in [0.25, 0.3) is 0 Å². The highest BCUT2D eigenvalue weighted by atomic mass is 35.6. The molecular formula is C6H3Cl3N2O. The van der Waals surface area contributed by atoms with Gasteiger partial charge in [0.05, 0.1) is 0 Å². The molecule has 0 unspecified atom stereocenters. The van der Waals surface area contributed by atoms with Gasteiger partial charge in [-0.3, -0.25) is 4.79 Å². The van der Waals surface area contributed by atoms with Crippen molar-refractivity contribution < 1.29 is 4.79 Å². The number of carbonyl (C=O) groups excluding carboxylic acids is 1. The van der Waals surface area contributed by atoms with Gasteiger partial charge in [-0.1, -0.05) is 34.8 Å². The van der Waals surface area contributed by atoms with Crippen molar-refractivity contribution in [3.63, 3.8) is 0 Å². The molecule has 1 heterocycles. The van der Waals surface area contributed by atoms with E-state index >= 15 is 0 Å². The third kappa shape index (κ3) is 2.30. The summed E-state index contributed by atoms with van der Waals surface area (Å²) in [4.78, 5) is 17.6. The second-order valence-corrected chi connectivity index (χ2v) is 4.20. The lowest BCUT2D eigenvalue weighted by Crippen LogP contribution is -2.08. The van der Waals surface area contributed by atoms with Gasteiger partial charge < -0.3 is 0 Å². The van der Waals surface area contributed by atoms with E-state index in [9.17, 15) is 4.79 Å². The molecule has 0 aliphatic heterocycles. The second-order valence-electron chi connectivity index (χ2n) is 1.92. The van der Waals surface area contributed by atoms with Crippen LogP contribution in [-0.2, 0) is 3.79 Å². The topological polar surface area (TPSA) is 42.9 Å². The number of hydrogen-bond donors (Lipinski definition) is 0. The highest BCUT2D eigenvalue weighted by Gasteiger charge is 2.26. The maximum Gasteiger partial charge on any atom is 0.250 e. The quantitative estimate of drug-likeness (QED) is 0.543. The van der Waals surface area contributed by atoms with Gasteiger partial charge in [-0.25, -0.2) is 9.97 Å². The molecule has 0 amide bonds. The Labute approximate surface area is 83.7 Å². The lowest BCUT2D eigenvalue weighted by atomic mass is 10.4. The van der Waals surface area contributed by atoms with E-state index in [1.54, 1.807) is 0 Å². The van der Waals surface area contributed by atoms with Crippen LogP contribution in [0.4, 0.5) is 0 Å². The summed E-state index contributed by atoms with van der Waals surface area (Å²) < 4.78 is -1.68. The van der Waals surface area contributed by atoms with Crippen LogP contribution in [0.5, 0.6) is 0 Å². The van der Waals surface area contributed by atoms with Crippen LogP contribution >= 0.6 is 34.8 Å². The molecule has 0 aliphatic rings. The highest BCUT2D eigenvalue weighted by molar-refractivity contribution is 6.66. The standard InChI is InChI=1S/C6H3Cl3N2O/c7-6(8,9)5-10-2-1-4(3-12)11-5/h1-3H. The van der Waals surface area contributed by atoms with Gasteiger partial charge in [-0.15, -0.1) is 0 Å². The Morgan fingerprint density at radius 1 is 1.42 bits per heavy atom. The summed E-state index contributed by atoms with van der Waals surface area (Å²) in [6.45, 7) is 0. The second kappa shape index (κ2) is 3.56. The Kier molecular flexibility index (Phi) is 2.88. The molecule has 0 fully saturated rings. The minimum absolute atomic E-state index is 0.00269. The number of carbonyl (C=O) groups is 1. The first-order valence-corrected chi connectivity index (χ1v) is 4.03. The van der Waals surface area contributed by atoms with Crippen LogP contribution in [0.15, 0.2) is 12.3 Å². The van der Waals surface area contributed by atoms with Crippen LogP contribution in [0.3, 0.4) is 0 Å². The van der Waals surface area contributed by atoms with Gasteiger partial charge in [0, 0.05) is 6.20 Å². The Morgan fingerprint density at radius 2 is 2.08 bits per heavy atom. The molecule has 0 saturated heterocycles. The van der Waals surface area contributed by atoms with Crippen LogP contribution in [-0.4, -0.2) is 16.3 Å². The van der Waals surface area contributed by atoms with Crippen LogP contribution in [0.2, 0.25) is 0 Å². The summed E-state index contributed by atoms with van der Waals surface area (Å²) in [6.07, 6.45) is 1.91. The van der Waals surface area contributed by atoms with Crippen molar-refractivity contribution in [2.75, 3.05) is 0 Å². The van der Waals surface area contributed by atoms with Crippen molar-refractivity contribution >= 4 is 41.1 Å². The van der Waals surface area contributed by atoms with Gasteiger partial charge in [0.2, 0.25) is 3.79 Å². The minimum atomic E-state index is -1.68. The summed E-state index contributed by atoms with van der Waals surface area (Å²) >= 11 is 16.4. The maximum absolute atomic E-state index is 10.3. The van der Waals surface area contributed by atoms with Crippen LogP contribution in [0, 0.1) is 0 Å². The first-order valence-electron chi connectivity index (χ1n) is 2.89. The Morgan fingerprint density at radius 3 is 2.58 bits per heavy atom. The third-order valence-electron chi connectivity index (χ3n) is 1.05. The number of rotatable bonds is 1.